The van der Waals surface area contributed by atoms with Crippen molar-refractivity contribution in [1.29, 1.82) is 5.26 Å². The van der Waals surface area contributed by atoms with Crippen LogP contribution in [0.15, 0.2) is 0 Å². The number of hydrogen-bond acceptors (Lipinski definition) is 3. The summed E-state index contributed by atoms with van der Waals surface area (Å²) in [7, 11) is 2.24. The summed E-state index contributed by atoms with van der Waals surface area (Å²) < 4.78 is 0. The average molecular weight is 251 g/mol. The Labute approximate surface area is 113 Å². The molecule has 3 heteroatoms. The van der Waals surface area contributed by atoms with Crippen molar-refractivity contribution in [3.8, 4) is 6.07 Å². The number of likely N-dealkylation sites (N-methyl/N-ethyl adjacent to an activating group) is 1. The summed E-state index contributed by atoms with van der Waals surface area (Å²) >= 11 is 0. The van der Waals surface area contributed by atoms with Crippen LogP contribution in [0.5, 0.6) is 0 Å². The minimum absolute atomic E-state index is 0.149. The molecule has 1 heterocycles. The molecule has 0 amide bonds. The summed E-state index contributed by atoms with van der Waals surface area (Å²) in [6.07, 6.45) is 7.42. The van der Waals surface area contributed by atoms with E-state index in [1.54, 1.807) is 0 Å². The molecule has 1 N–H and O–H groups in total. The van der Waals surface area contributed by atoms with Crippen molar-refractivity contribution in [2.75, 3.05) is 26.7 Å². The van der Waals surface area contributed by atoms with Crippen LogP contribution in [-0.2, 0) is 0 Å². The Morgan fingerprint density at radius 2 is 2.11 bits per heavy atom. The van der Waals surface area contributed by atoms with Gasteiger partial charge in [-0.1, -0.05) is 12.8 Å². The van der Waals surface area contributed by atoms with Gasteiger partial charge in [-0.05, 0) is 59.7 Å². The van der Waals surface area contributed by atoms with Crippen LogP contribution in [0.2, 0.25) is 0 Å². The van der Waals surface area contributed by atoms with Crippen molar-refractivity contribution in [3.63, 3.8) is 0 Å². The Morgan fingerprint density at radius 1 is 1.33 bits per heavy atom. The number of likely N-dealkylation sites (tertiary alicyclic amines) is 1. The van der Waals surface area contributed by atoms with Crippen molar-refractivity contribution < 1.29 is 0 Å². The van der Waals surface area contributed by atoms with Gasteiger partial charge in [0.2, 0.25) is 0 Å². The fourth-order valence-corrected chi connectivity index (χ4v) is 2.54. The molecule has 0 aromatic rings. The number of nitriles is 1. The number of nitrogens with one attached hydrogen (secondary N) is 1. The molecule has 1 rings (SSSR count). The Balaban J connectivity index is 2.00. The molecule has 1 aliphatic heterocycles. The number of nitrogens with zero attached hydrogens (tertiary/aromatic N) is 2. The Bertz CT molecular complexity index is 267. The normalized spacial score (nSPS) is 21.8. The van der Waals surface area contributed by atoms with Crippen LogP contribution in [0.25, 0.3) is 0 Å². The molecule has 0 aromatic carbocycles. The lowest BCUT2D eigenvalue weighted by Crippen LogP contribution is -2.43. The maximum Gasteiger partial charge on any atom is 0.0683 e. The molecule has 0 spiro atoms. The second-order valence-electron chi connectivity index (χ2n) is 6.29. The average Bonchev–Trinajstić information content (AvgIpc) is 2.35. The van der Waals surface area contributed by atoms with Gasteiger partial charge in [-0.15, -0.1) is 0 Å². The van der Waals surface area contributed by atoms with E-state index in [9.17, 15) is 0 Å². The van der Waals surface area contributed by atoms with E-state index in [-0.39, 0.29) is 5.41 Å². The highest BCUT2D eigenvalue weighted by Gasteiger charge is 2.18. The third-order valence-corrected chi connectivity index (χ3v) is 4.01. The molecule has 1 fully saturated rings. The van der Waals surface area contributed by atoms with Crippen molar-refractivity contribution in [1.82, 2.24) is 10.2 Å². The van der Waals surface area contributed by atoms with E-state index in [0.29, 0.717) is 0 Å². The zero-order valence-corrected chi connectivity index (χ0v) is 12.3. The molecule has 1 saturated heterocycles. The van der Waals surface area contributed by atoms with Crippen molar-refractivity contribution in [2.24, 2.45) is 5.41 Å². The first-order valence-corrected chi connectivity index (χ1v) is 7.37. The predicted octanol–water partition coefficient (Wildman–Crippen LogP) is 2.78. The molecule has 0 aliphatic carbocycles. The van der Waals surface area contributed by atoms with Crippen LogP contribution >= 0.6 is 0 Å². The number of piperidine rings is 1. The lowest BCUT2D eigenvalue weighted by atomic mass is 9.89. The minimum atomic E-state index is -0.149. The molecular weight excluding hydrogens is 222 g/mol. The molecule has 104 valence electrons. The third kappa shape index (κ3) is 5.84. The highest BCUT2D eigenvalue weighted by molar-refractivity contribution is 4.91. The molecular formula is C15H29N3. The van der Waals surface area contributed by atoms with Gasteiger partial charge in [-0.3, -0.25) is 0 Å². The first-order valence-electron chi connectivity index (χ1n) is 7.37. The van der Waals surface area contributed by atoms with E-state index >= 15 is 0 Å². The molecule has 18 heavy (non-hydrogen) atoms. The topological polar surface area (TPSA) is 39.1 Å². The SMILES string of the molecule is CN1CCCCC1CNCCCCC(C)(C)C#N. The predicted molar refractivity (Wildman–Crippen MR) is 76.4 cm³/mol. The summed E-state index contributed by atoms with van der Waals surface area (Å²) in [4.78, 5) is 2.48. The fraction of sp³-hybridized carbons (Fsp3) is 0.933. The standard InChI is InChI=1S/C15H29N3/c1-15(2,13-16)9-5-6-10-17-12-14-8-4-7-11-18(14)3/h14,17H,4-12H2,1-3H3. The zero-order valence-electron chi connectivity index (χ0n) is 12.3. The van der Waals surface area contributed by atoms with Crippen LogP contribution in [-0.4, -0.2) is 37.6 Å². The van der Waals surface area contributed by atoms with Gasteiger partial charge < -0.3 is 10.2 Å². The highest BCUT2D eigenvalue weighted by atomic mass is 15.2. The molecule has 1 aliphatic rings. The summed E-state index contributed by atoms with van der Waals surface area (Å²) in [5.41, 5.74) is -0.149. The molecule has 0 bridgehead atoms. The summed E-state index contributed by atoms with van der Waals surface area (Å²) in [5, 5.41) is 12.5. The molecule has 1 atom stereocenters. The minimum Gasteiger partial charge on any atom is -0.315 e. The monoisotopic (exact) mass is 251 g/mol. The van der Waals surface area contributed by atoms with E-state index in [1.807, 2.05) is 13.8 Å². The quantitative estimate of drug-likeness (QED) is 0.707. The second-order valence-corrected chi connectivity index (χ2v) is 6.29. The van der Waals surface area contributed by atoms with Gasteiger partial charge in [0.1, 0.15) is 0 Å². The smallest absolute Gasteiger partial charge is 0.0683 e. The van der Waals surface area contributed by atoms with Crippen LogP contribution < -0.4 is 5.32 Å². The van der Waals surface area contributed by atoms with E-state index in [4.69, 9.17) is 5.26 Å². The lowest BCUT2D eigenvalue weighted by molar-refractivity contribution is 0.181. The van der Waals surface area contributed by atoms with Crippen LogP contribution in [0.1, 0.15) is 52.4 Å². The van der Waals surface area contributed by atoms with Gasteiger partial charge in [0.15, 0.2) is 0 Å². The van der Waals surface area contributed by atoms with Gasteiger partial charge in [0.05, 0.1) is 11.5 Å². The van der Waals surface area contributed by atoms with E-state index in [2.05, 4.69) is 23.3 Å². The maximum absolute atomic E-state index is 8.92. The first kappa shape index (κ1) is 15.5. The number of unbranched alkanes of at least 4 members (excludes halogenated alkanes) is 1. The maximum atomic E-state index is 8.92. The summed E-state index contributed by atoms with van der Waals surface area (Å²) in [6, 6.07) is 3.09. The molecule has 0 saturated carbocycles. The second kappa shape index (κ2) is 7.76. The van der Waals surface area contributed by atoms with Gasteiger partial charge in [-0.25, -0.2) is 0 Å². The van der Waals surface area contributed by atoms with Gasteiger partial charge in [0, 0.05) is 12.6 Å². The fourth-order valence-electron chi connectivity index (χ4n) is 2.54. The molecule has 0 radical (unpaired) electrons. The van der Waals surface area contributed by atoms with Gasteiger partial charge in [-0.2, -0.15) is 5.26 Å². The Kier molecular flexibility index (Phi) is 6.67. The van der Waals surface area contributed by atoms with Crippen molar-refractivity contribution in [3.05, 3.63) is 0 Å². The van der Waals surface area contributed by atoms with Crippen molar-refractivity contribution >= 4 is 0 Å². The highest BCUT2D eigenvalue weighted by Crippen LogP contribution is 2.21. The van der Waals surface area contributed by atoms with E-state index < -0.39 is 0 Å². The lowest BCUT2D eigenvalue weighted by Gasteiger charge is -2.32. The largest absolute Gasteiger partial charge is 0.315 e. The molecule has 1 unspecified atom stereocenters. The van der Waals surface area contributed by atoms with Gasteiger partial charge in [0.25, 0.3) is 0 Å². The molecule has 3 nitrogen and oxygen atoms in total. The third-order valence-electron chi connectivity index (χ3n) is 4.01. The number of hydrogen-bond donors (Lipinski definition) is 1. The summed E-state index contributed by atoms with van der Waals surface area (Å²) in [5.74, 6) is 0. The van der Waals surface area contributed by atoms with Crippen LogP contribution in [0.4, 0.5) is 0 Å². The summed E-state index contributed by atoms with van der Waals surface area (Å²) in [6.45, 7) is 7.52. The first-order chi connectivity index (χ1) is 8.55. The number of rotatable bonds is 7. The van der Waals surface area contributed by atoms with Crippen LogP contribution in [0.3, 0.4) is 0 Å². The molecule has 0 aromatic heterocycles. The van der Waals surface area contributed by atoms with Crippen LogP contribution in [0, 0.1) is 16.7 Å². The van der Waals surface area contributed by atoms with Crippen molar-refractivity contribution in [2.45, 2.75) is 58.4 Å². The van der Waals surface area contributed by atoms with E-state index in [1.165, 1.54) is 32.2 Å². The van der Waals surface area contributed by atoms with E-state index in [0.717, 1.165) is 32.0 Å². The zero-order chi connectivity index (χ0) is 13.4. The van der Waals surface area contributed by atoms with Gasteiger partial charge >= 0.3 is 0 Å². The Morgan fingerprint density at radius 3 is 2.78 bits per heavy atom. The Hall–Kier alpha value is -0.590.